The number of hydrogen-bond donors (Lipinski definition) is 2. The van der Waals surface area contributed by atoms with Crippen LogP contribution in [0.1, 0.15) is 41.4 Å². The first-order valence-corrected chi connectivity index (χ1v) is 7.79. The number of aliphatic hydroxyl groups excluding tert-OH is 1. The molecular formula is C18H20N2O4. The summed E-state index contributed by atoms with van der Waals surface area (Å²) in [7, 11) is 0. The Bertz CT molecular complexity index is 718. The topological polar surface area (TPSA) is 95.5 Å². The highest BCUT2D eigenvalue weighted by atomic mass is 16.5. The maximum absolute atomic E-state index is 12.1. The van der Waals surface area contributed by atoms with E-state index in [1.165, 1.54) is 6.26 Å². The molecular weight excluding hydrogens is 308 g/mol. The number of ether oxygens (including phenoxy) is 1. The van der Waals surface area contributed by atoms with Crippen LogP contribution in [-0.2, 0) is 6.61 Å². The summed E-state index contributed by atoms with van der Waals surface area (Å²) in [6.45, 7) is 2.42. The molecule has 0 spiro atoms. The third kappa shape index (κ3) is 4.86. The van der Waals surface area contributed by atoms with Gasteiger partial charge in [0, 0.05) is 12.1 Å². The third-order valence-corrected chi connectivity index (χ3v) is 3.54. The summed E-state index contributed by atoms with van der Waals surface area (Å²) in [5.41, 5.74) is 1.12. The fraction of sp³-hybridized carbons (Fsp3) is 0.333. The van der Waals surface area contributed by atoms with Crippen molar-refractivity contribution in [1.29, 1.82) is 5.26 Å². The van der Waals surface area contributed by atoms with Crippen LogP contribution in [0, 0.1) is 11.3 Å². The summed E-state index contributed by atoms with van der Waals surface area (Å²) in [5.74, 6) is 0.401. The number of nitrogens with zero attached hydrogens (tertiary/aromatic N) is 1. The number of hydrogen-bond acceptors (Lipinski definition) is 5. The van der Waals surface area contributed by atoms with Gasteiger partial charge in [-0.3, -0.25) is 4.79 Å². The van der Waals surface area contributed by atoms with Gasteiger partial charge in [0.15, 0.2) is 5.76 Å². The van der Waals surface area contributed by atoms with Crippen molar-refractivity contribution in [3.63, 3.8) is 0 Å². The molecule has 0 bridgehead atoms. The van der Waals surface area contributed by atoms with Crippen LogP contribution in [0.2, 0.25) is 0 Å². The monoisotopic (exact) mass is 328 g/mol. The Balaban J connectivity index is 1.92. The zero-order valence-electron chi connectivity index (χ0n) is 13.5. The molecule has 0 aliphatic heterocycles. The van der Waals surface area contributed by atoms with E-state index in [4.69, 9.17) is 14.4 Å². The number of nitrogens with one attached hydrogen (secondary N) is 1. The van der Waals surface area contributed by atoms with Crippen molar-refractivity contribution in [2.45, 2.75) is 32.5 Å². The molecule has 2 N–H and O–H groups in total. The van der Waals surface area contributed by atoms with Crippen LogP contribution in [0.15, 0.2) is 41.0 Å². The van der Waals surface area contributed by atoms with Gasteiger partial charge in [-0.2, -0.15) is 5.26 Å². The Morgan fingerprint density at radius 2 is 2.29 bits per heavy atom. The van der Waals surface area contributed by atoms with Gasteiger partial charge in [0.1, 0.15) is 12.4 Å². The highest BCUT2D eigenvalue weighted by Gasteiger charge is 2.16. The molecule has 2 rings (SSSR count). The Labute approximate surface area is 140 Å². The molecule has 1 unspecified atom stereocenters. The normalized spacial score (nSPS) is 11.5. The largest absolute Gasteiger partial charge is 0.489 e. The van der Waals surface area contributed by atoms with Crippen LogP contribution in [0.4, 0.5) is 0 Å². The molecule has 0 fully saturated rings. The van der Waals surface area contributed by atoms with Crippen molar-refractivity contribution in [1.82, 2.24) is 5.32 Å². The summed E-state index contributed by atoms with van der Waals surface area (Å²) in [5, 5.41) is 21.1. The molecule has 2 aromatic rings. The molecule has 1 amide bonds. The van der Waals surface area contributed by atoms with Gasteiger partial charge >= 0.3 is 0 Å². The van der Waals surface area contributed by atoms with E-state index in [1.54, 1.807) is 30.3 Å². The Kier molecular flexibility index (Phi) is 6.41. The molecule has 0 saturated heterocycles. The predicted octanol–water partition coefficient (Wildman–Crippen LogP) is 2.62. The van der Waals surface area contributed by atoms with Crippen molar-refractivity contribution in [2.24, 2.45) is 0 Å². The first-order chi connectivity index (χ1) is 11.6. The standard InChI is InChI=1S/C18H20N2O4/c1-2-15(21)6-8-20-18(22)17-14(7-9-23-17)12-24-16-5-3-4-13(10-16)11-19/h3-5,7,9-10,15,21H,2,6,8,12H2,1H3,(H,20,22). The van der Waals surface area contributed by atoms with Crippen molar-refractivity contribution < 1.29 is 19.1 Å². The SMILES string of the molecule is CCC(O)CCNC(=O)c1occc1COc1cccc(C#N)c1. The third-order valence-electron chi connectivity index (χ3n) is 3.54. The molecule has 1 aromatic heterocycles. The van der Waals surface area contributed by atoms with E-state index in [-0.39, 0.29) is 18.3 Å². The lowest BCUT2D eigenvalue weighted by atomic mass is 10.2. The van der Waals surface area contributed by atoms with Crippen LogP contribution in [-0.4, -0.2) is 23.7 Å². The maximum Gasteiger partial charge on any atom is 0.287 e. The molecule has 6 nitrogen and oxygen atoms in total. The first kappa shape index (κ1) is 17.6. The number of aliphatic hydroxyl groups is 1. The molecule has 1 aromatic carbocycles. The second-order valence-corrected chi connectivity index (χ2v) is 5.31. The van der Waals surface area contributed by atoms with E-state index in [2.05, 4.69) is 5.32 Å². The lowest BCUT2D eigenvalue weighted by molar-refractivity contribution is 0.0911. The minimum Gasteiger partial charge on any atom is -0.489 e. The molecule has 0 aliphatic carbocycles. The minimum absolute atomic E-state index is 0.158. The van der Waals surface area contributed by atoms with Crippen LogP contribution in [0.5, 0.6) is 5.75 Å². The second kappa shape index (κ2) is 8.75. The number of nitriles is 1. The van der Waals surface area contributed by atoms with Gasteiger partial charge in [0.25, 0.3) is 5.91 Å². The molecule has 6 heteroatoms. The fourth-order valence-corrected chi connectivity index (χ4v) is 2.10. The number of carbonyl (C=O) groups excluding carboxylic acids is 1. The van der Waals surface area contributed by atoms with E-state index in [1.807, 2.05) is 13.0 Å². The molecule has 1 heterocycles. The van der Waals surface area contributed by atoms with Crippen LogP contribution < -0.4 is 10.1 Å². The summed E-state index contributed by atoms with van der Waals surface area (Å²) in [6.07, 6.45) is 2.16. The average Bonchev–Trinajstić information content (AvgIpc) is 3.08. The van der Waals surface area contributed by atoms with Gasteiger partial charge in [-0.15, -0.1) is 0 Å². The quantitative estimate of drug-likeness (QED) is 0.776. The van der Waals surface area contributed by atoms with Gasteiger partial charge in [0.05, 0.1) is 24.0 Å². The average molecular weight is 328 g/mol. The summed E-state index contributed by atoms with van der Waals surface area (Å²) >= 11 is 0. The molecule has 0 aliphatic rings. The van der Waals surface area contributed by atoms with Crippen LogP contribution in [0.25, 0.3) is 0 Å². The number of rotatable bonds is 8. The van der Waals surface area contributed by atoms with E-state index in [0.29, 0.717) is 36.3 Å². The van der Waals surface area contributed by atoms with Crippen molar-refractivity contribution in [2.75, 3.05) is 6.54 Å². The van der Waals surface area contributed by atoms with Gasteiger partial charge in [0.2, 0.25) is 0 Å². The smallest absolute Gasteiger partial charge is 0.287 e. The lowest BCUT2D eigenvalue weighted by Gasteiger charge is -2.09. The lowest BCUT2D eigenvalue weighted by Crippen LogP contribution is -2.27. The number of benzene rings is 1. The maximum atomic E-state index is 12.1. The zero-order chi connectivity index (χ0) is 17.4. The first-order valence-electron chi connectivity index (χ1n) is 7.79. The van der Waals surface area contributed by atoms with Gasteiger partial charge < -0.3 is 19.6 Å². The highest BCUT2D eigenvalue weighted by Crippen LogP contribution is 2.17. The van der Waals surface area contributed by atoms with Gasteiger partial charge in [-0.05, 0) is 37.1 Å². The molecule has 126 valence electrons. The van der Waals surface area contributed by atoms with Crippen molar-refractivity contribution >= 4 is 5.91 Å². The number of furan rings is 1. The fourth-order valence-electron chi connectivity index (χ4n) is 2.10. The van der Waals surface area contributed by atoms with E-state index in [9.17, 15) is 9.90 Å². The van der Waals surface area contributed by atoms with Crippen LogP contribution >= 0.6 is 0 Å². The number of carbonyl (C=O) groups is 1. The Morgan fingerprint density at radius 3 is 3.04 bits per heavy atom. The molecule has 0 radical (unpaired) electrons. The van der Waals surface area contributed by atoms with Crippen molar-refractivity contribution in [3.05, 3.63) is 53.5 Å². The van der Waals surface area contributed by atoms with Gasteiger partial charge in [-0.25, -0.2) is 0 Å². The molecule has 24 heavy (non-hydrogen) atoms. The molecule has 0 saturated carbocycles. The van der Waals surface area contributed by atoms with E-state index >= 15 is 0 Å². The van der Waals surface area contributed by atoms with Crippen molar-refractivity contribution in [3.8, 4) is 11.8 Å². The highest BCUT2D eigenvalue weighted by molar-refractivity contribution is 5.92. The molecule has 1 atom stereocenters. The number of amides is 1. The second-order valence-electron chi connectivity index (χ2n) is 5.31. The Hall–Kier alpha value is -2.78. The summed E-state index contributed by atoms with van der Waals surface area (Å²) in [4.78, 5) is 12.1. The van der Waals surface area contributed by atoms with E-state index in [0.717, 1.165) is 0 Å². The van der Waals surface area contributed by atoms with E-state index < -0.39 is 6.10 Å². The van der Waals surface area contributed by atoms with Gasteiger partial charge in [-0.1, -0.05) is 13.0 Å². The Morgan fingerprint density at radius 1 is 1.46 bits per heavy atom. The predicted molar refractivity (Wildman–Crippen MR) is 87.4 cm³/mol. The minimum atomic E-state index is -0.419. The van der Waals surface area contributed by atoms with Crippen LogP contribution in [0.3, 0.4) is 0 Å². The zero-order valence-corrected chi connectivity index (χ0v) is 13.5. The summed E-state index contributed by atoms with van der Waals surface area (Å²) < 4.78 is 10.8. The summed E-state index contributed by atoms with van der Waals surface area (Å²) in [6, 6.07) is 10.5.